The summed E-state index contributed by atoms with van der Waals surface area (Å²) in [5, 5.41) is 13.6. The topological polar surface area (TPSA) is 82.7 Å². The lowest BCUT2D eigenvalue weighted by molar-refractivity contribution is -0.147. The smallest absolute Gasteiger partial charge is 0.418 e. The largest absolute Gasteiger partial charge is 0.480 e. The Labute approximate surface area is 230 Å². The Morgan fingerprint density at radius 2 is 1.88 bits per heavy atom. The van der Waals surface area contributed by atoms with Gasteiger partial charge in [-0.15, -0.1) is 0 Å². The van der Waals surface area contributed by atoms with Crippen LogP contribution in [0.4, 0.5) is 23.2 Å². The summed E-state index contributed by atoms with van der Waals surface area (Å²) in [7, 11) is 1.65. The molecule has 0 aliphatic carbocycles. The molecule has 0 bridgehead atoms. The lowest BCUT2D eigenvalue weighted by Gasteiger charge is -2.37. The molecule has 0 amide bonds. The van der Waals surface area contributed by atoms with Crippen molar-refractivity contribution in [2.24, 2.45) is 5.41 Å². The first-order valence-electron chi connectivity index (χ1n) is 13.2. The summed E-state index contributed by atoms with van der Waals surface area (Å²) in [5.41, 5.74) is -0.380. The van der Waals surface area contributed by atoms with Crippen LogP contribution in [0.15, 0.2) is 40.9 Å². The summed E-state index contributed by atoms with van der Waals surface area (Å²) in [6.45, 7) is 8.04. The highest BCUT2D eigenvalue weighted by Gasteiger charge is 2.37. The highest BCUT2D eigenvalue weighted by atomic mass is 19.4. The second kappa shape index (κ2) is 11.2. The summed E-state index contributed by atoms with van der Waals surface area (Å²) >= 11 is 0. The molecule has 0 spiro atoms. The predicted molar refractivity (Wildman–Crippen MR) is 143 cm³/mol. The van der Waals surface area contributed by atoms with E-state index < -0.39 is 35.0 Å². The molecule has 3 aromatic rings. The van der Waals surface area contributed by atoms with E-state index in [0.717, 1.165) is 25.3 Å². The maximum atomic E-state index is 14.6. The molecule has 0 saturated carbocycles. The van der Waals surface area contributed by atoms with Crippen LogP contribution in [0.1, 0.15) is 58.1 Å². The van der Waals surface area contributed by atoms with Crippen LogP contribution in [0.3, 0.4) is 0 Å². The average Bonchev–Trinajstić information content (AvgIpc) is 3.32. The maximum Gasteiger partial charge on any atom is 0.418 e. The van der Waals surface area contributed by atoms with Crippen molar-refractivity contribution in [1.82, 2.24) is 15.0 Å². The van der Waals surface area contributed by atoms with E-state index in [4.69, 9.17) is 4.52 Å². The lowest BCUT2D eigenvalue weighted by atomic mass is 9.85. The zero-order valence-electron chi connectivity index (χ0n) is 23.2. The first-order valence-corrected chi connectivity index (χ1v) is 13.2. The van der Waals surface area contributed by atoms with Crippen LogP contribution < -0.4 is 4.90 Å². The summed E-state index contributed by atoms with van der Waals surface area (Å²) in [6, 6.07) is 7.23. The molecule has 2 atom stereocenters. The van der Waals surface area contributed by atoms with E-state index in [1.807, 2.05) is 27.7 Å². The van der Waals surface area contributed by atoms with Crippen molar-refractivity contribution in [3.05, 3.63) is 53.3 Å². The van der Waals surface area contributed by atoms with Gasteiger partial charge in [0.25, 0.3) is 5.89 Å². The number of anilines is 1. The van der Waals surface area contributed by atoms with Gasteiger partial charge in [0.2, 0.25) is 5.82 Å². The average molecular weight is 563 g/mol. The second-order valence-corrected chi connectivity index (χ2v) is 11.6. The molecule has 4 rings (SSSR count). The van der Waals surface area contributed by atoms with Gasteiger partial charge in [0, 0.05) is 35.9 Å². The highest BCUT2D eigenvalue weighted by molar-refractivity contribution is 5.74. The number of carbonyl (C=O) groups is 1. The second-order valence-electron chi connectivity index (χ2n) is 11.6. The Bertz CT molecular complexity index is 1370. The van der Waals surface area contributed by atoms with Gasteiger partial charge in [0.1, 0.15) is 11.9 Å². The molecule has 1 N–H and O–H groups in total. The van der Waals surface area contributed by atoms with Gasteiger partial charge in [-0.1, -0.05) is 25.9 Å². The SMILES string of the molecule is CC1CCCCN1c1ccc(-c2nc(-c3cc(F)cc(CN(C)C(C(=O)O)C(C)(C)C)c3)no2)cc1C(F)(F)F. The molecule has 0 radical (unpaired) electrons. The molecular weight excluding hydrogens is 528 g/mol. The molecule has 1 aliphatic rings. The van der Waals surface area contributed by atoms with Gasteiger partial charge in [0.15, 0.2) is 0 Å². The predicted octanol–water partition coefficient (Wildman–Crippen LogP) is 6.87. The zero-order valence-corrected chi connectivity index (χ0v) is 23.2. The summed E-state index contributed by atoms with van der Waals surface area (Å²) < 4.78 is 62.2. The minimum Gasteiger partial charge on any atom is -0.480 e. The molecule has 40 heavy (non-hydrogen) atoms. The number of hydrogen-bond donors (Lipinski definition) is 1. The molecule has 1 saturated heterocycles. The van der Waals surface area contributed by atoms with Crippen LogP contribution in [0.25, 0.3) is 22.8 Å². The Kier molecular flexibility index (Phi) is 8.26. The number of aromatic nitrogens is 2. The van der Waals surface area contributed by atoms with E-state index >= 15 is 0 Å². The Balaban J connectivity index is 1.64. The minimum absolute atomic E-state index is 0.00583. The van der Waals surface area contributed by atoms with Crippen LogP contribution in [0.2, 0.25) is 0 Å². The third-order valence-electron chi connectivity index (χ3n) is 7.23. The molecule has 11 heteroatoms. The quantitative estimate of drug-likeness (QED) is 0.315. The molecule has 1 aromatic heterocycles. The van der Waals surface area contributed by atoms with Crippen LogP contribution >= 0.6 is 0 Å². The first kappa shape index (κ1) is 29.5. The van der Waals surface area contributed by atoms with Crippen molar-refractivity contribution in [2.75, 3.05) is 18.5 Å². The third-order valence-corrected chi connectivity index (χ3v) is 7.23. The molecule has 216 valence electrons. The fourth-order valence-corrected chi connectivity index (χ4v) is 5.53. The number of likely N-dealkylation sites (N-methyl/N-ethyl adjacent to an activating group) is 1. The Morgan fingerprint density at radius 3 is 2.50 bits per heavy atom. The van der Waals surface area contributed by atoms with Crippen molar-refractivity contribution in [2.45, 2.75) is 71.8 Å². The number of carboxylic acid groups (broad SMARTS) is 1. The third kappa shape index (κ3) is 6.46. The summed E-state index contributed by atoms with van der Waals surface area (Å²) in [5.74, 6) is -1.70. The molecular formula is C29H34F4N4O3. The molecule has 2 aromatic carbocycles. The minimum atomic E-state index is -4.59. The van der Waals surface area contributed by atoms with Crippen molar-refractivity contribution < 1.29 is 32.0 Å². The van der Waals surface area contributed by atoms with Crippen LogP contribution in [0.5, 0.6) is 0 Å². The van der Waals surface area contributed by atoms with Gasteiger partial charge in [-0.05, 0) is 80.6 Å². The number of carboxylic acids is 1. The van der Waals surface area contributed by atoms with Gasteiger partial charge in [-0.2, -0.15) is 18.2 Å². The Hall–Kier alpha value is -3.47. The number of rotatable bonds is 7. The zero-order chi connectivity index (χ0) is 29.4. The van der Waals surface area contributed by atoms with Gasteiger partial charge >= 0.3 is 12.1 Å². The van der Waals surface area contributed by atoms with Gasteiger partial charge in [-0.3, -0.25) is 9.69 Å². The molecule has 1 aliphatic heterocycles. The number of piperidine rings is 1. The standard InChI is InChI=1S/C29H34F4N4O3/c1-17-8-6-7-11-37(17)23-10-9-19(15-22(23)29(31,32)33)26-34-25(35-40-26)20-12-18(13-21(30)14-20)16-36(5)24(27(38)39)28(2,3)4/h9-10,12-15,17,24H,6-8,11,16H2,1-5H3,(H,38,39). The first-order chi connectivity index (χ1) is 18.6. The van der Waals surface area contributed by atoms with Gasteiger partial charge in [0.05, 0.1) is 5.56 Å². The van der Waals surface area contributed by atoms with Crippen LogP contribution in [-0.4, -0.2) is 51.8 Å². The van der Waals surface area contributed by atoms with E-state index in [-0.39, 0.29) is 41.1 Å². The van der Waals surface area contributed by atoms with Crippen molar-refractivity contribution in [3.8, 4) is 22.8 Å². The van der Waals surface area contributed by atoms with E-state index in [0.29, 0.717) is 12.1 Å². The Morgan fingerprint density at radius 1 is 1.15 bits per heavy atom. The van der Waals surface area contributed by atoms with Crippen molar-refractivity contribution in [1.29, 1.82) is 0 Å². The monoisotopic (exact) mass is 562 g/mol. The number of hydrogen-bond acceptors (Lipinski definition) is 6. The van der Waals surface area contributed by atoms with Gasteiger partial charge in [-0.25, -0.2) is 4.39 Å². The van der Waals surface area contributed by atoms with E-state index in [9.17, 15) is 27.5 Å². The number of aliphatic carboxylic acids is 1. The van der Waals surface area contributed by atoms with Crippen LogP contribution in [0, 0.1) is 11.2 Å². The normalized spacial score (nSPS) is 17.4. The van der Waals surface area contributed by atoms with E-state index in [1.54, 1.807) is 22.9 Å². The van der Waals surface area contributed by atoms with E-state index in [1.165, 1.54) is 24.3 Å². The van der Waals surface area contributed by atoms with E-state index in [2.05, 4.69) is 10.1 Å². The number of halogens is 4. The van der Waals surface area contributed by atoms with Crippen LogP contribution in [-0.2, 0) is 17.5 Å². The maximum absolute atomic E-state index is 14.6. The lowest BCUT2D eigenvalue weighted by Crippen LogP contribution is -2.47. The molecule has 2 heterocycles. The molecule has 1 fully saturated rings. The molecule has 7 nitrogen and oxygen atoms in total. The number of alkyl halides is 3. The summed E-state index contributed by atoms with van der Waals surface area (Å²) in [4.78, 5) is 19.5. The fraction of sp³-hybridized carbons (Fsp3) is 0.483. The fourth-order valence-electron chi connectivity index (χ4n) is 5.53. The van der Waals surface area contributed by atoms with Crippen molar-refractivity contribution >= 4 is 11.7 Å². The number of nitrogens with zero attached hydrogens (tertiary/aromatic N) is 4. The highest BCUT2D eigenvalue weighted by Crippen LogP contribution is 2.41. The molecule has 2 unspecified atom stereocenters. The summed E-state index contributed by atoms with van der Waals surface area (Å²) in [6.07, 6.45) is -1.95. The van der Waals surface area contributed by atoms with Gasteiger partial charge < -0.3 is 14.5 Å². The van der Waals surface area contributed by atoms with Crippen molar-refractivity contribution in [3.63, 3.8) is 0 Å². The number of benzene rings is 2.